The minimum absolute atomic E-state index is 0.106. The maximum absolute atomic E-state index is 9.26. The van der Waals surface area contributed by atoms with Crippen LogP contribution in [0.15, 0.2) is 30.3 Å². The van der Waals surface area contributed by atoms with Crippen molar-refractivity contribution >= 4 is 0 Å². The van der Waals surface area contributed by atoms with Crippen LogP contribution in [0.25, 0.3) is 0 Å². The number of aliphatic hydroxyl groups is 1. The number of hydrogen-bond acceptors (Lipinski definition) is 1. The van der Waals surface area contributed by atoms with E-state index in [1.54, 1.807) is 0 Å². The van der Waals surface area contributed by atoms with Gasteiger partial charge in [-0.25, -0.2) is 0 Å². The van der Waals surface area contributed by atoms with Crippen LogP contribution in [-0.4, -0.2) is 11.7 Å². The summed E-state index contributed by atoms with van der Waals surface area (Å²) in [5, 5.41) is 9.26. The lowest BCUT2D eigenvalue weighted by molar-refractivity contribution is 0.207. The van der Waals surface area contributed by atoms with E-state index < -0.39 is 0 Å². The molecular weight excluding hydrogens is 160 g/mol. The highest BCUT2D eigenvalue weighted by Gasteiger charge is 2.61. The van der Waals surface area contributed by atoms with Gasteiger partial charge in [-0.2, -0.15) is 0 Å². The predicted octanol–water partition coefficient (Wildman–Crippen LogP) is 2.35. The summed E-state index contributed by atoms with van der Waals surface area (Å²) in [4.78, 5) is 0. The van der Waals surface area contributed by atoms with Gasteiger partial charge in [-0.3, -0.25) is 0 Å². The number of rotatable bonds is 2. The van der Waals surface area contributed by atoms with Crippen LogP contribution >= 0.6 is 0 Å². The third-order valence-corrected chi connectivity index (χ3v) is 3.71. The lowest BCUT2D eigenvalue weighted by Crippen LogP contribution is -2.15. The van der Waals surface area contributed by atoms with E-state index in [1.165, 1.54) is 5.56 Å². The van der Waals surface area contributed by atoms with Crippen LogP contribution in [0.1, 0.15) is 25.8 Å². The second-order valence-electron chi connectivity index (χ2n) is 4.59. The number of benzene rings is 1. The zero-order valence-electron chi connectivity index (χ0n) is 8.25. The highest BCUT2D eigenvalue weighted by atomic mass is 16.3. The van der Waals surface area contributed by atoms with Crippen LogP contribution in [0.2, 0.25) is 0 Å². The Morgan fingerprint density at radius 2 is 1.85 bits per heavy atom. The number of hydrogen-bond donors (Lipinski definition) is 1. The van der Waals surface area contributed by atoms with Crippen LogP contribution in [0.4, 0.5) is 0 Å². The van der Waals surface area contributed by atoms with Gasteiger partial charge in [0.05, 0.1) is 0 Å². The van der Waals surface area contributed by atoms with Gasteiger partial charge in [-0.05, 0) is 12.0 Å². The smallest absolute Gasteiger partial charge is 0.0493 e. The molecule has 2 atom stereocenters. The first-order valence-corrected chi connectivity index (χ1v) is 4.79. The molecular formula is C12H16O. The largest absolute Gasteiger partial charge is 0.396 e. The van der Waals surface area contributed by atoms with Crippen molar-refractivity contribution in [2.45, 2.75) is 25.7 Å². The Hall–Kier alpha value is -0.820. The molecule has 0 spiro atoms. The molecule has 1 fully saturated rings. The van der Waals surface area contributed by atoms with Crippen molar-refractivity contribution in [1.29, 1.82) is 0 Å². The Kier molecular flexibility index (Phi) is 1.74. The van der Waals surface area contributed by atoms with Crippen LogP contribution in [0, 0.1) is 5.41 Å². The molecule has 2 rings (SSSR count). The molecule has 0 aromatic heterocycles. The molecule has 1 aromatic rings. The molecule has 1 aliphatic carbocycles. The monoisotopic (exact) mass is 176 g/mol. The Bertz CT molecular complexity index is 306. The van der Waals surface area contributed by atoms with E-state index >= 15 is 0 Å². The Labute approximate surface area is 79.4 Å². The standard InChI is InChI=1S/C12H16O/c1-11(9-13)8-12(11,2)10-6-4-3-5-7-10/h3-7,13H,8-9H2,1-2H3/t11-,12+/m0/s1. The maximum atomic E-state index is 9.26. The fourth-order valence-electron chi connectivity index (χ4n) is 2.22. The van der Waals surface area contributed by atoms with Crippen LogP contribution in [0.5, 0.6) is 0 Å². The summed E-state index contributed by atoms with van der Waals surface area (Å²) in [6, 6.07) is 10.5. The molecule has 70 valence electrons. The van der Waals surface area contributed by atoms with Gasteiger partial charge in [0.2, 0.25) is 0 Å². The molecule has 0 radical (unpaired) electrons. The normalized spacial score (nSPS) is 37.5. The average Bonchev–Trinajstić information content (AvgIpc) is 2.74. The summed E-state index contributed by atoms with van der Waals surface area (Å²) in [6.45, 7) is 4.68. The lowest BCUT2D eigenvalue weighted by Gasteiger charge is -2.16. The topological polar surface area (TPSA) is 20.2 Å². The summed E-state index contributed by atoms with van der Waals surface area (Å²) >= 11 is 0. The molecule has 1 saturated carbocycles. The molecule has 0 saturated heterocycles. The fourth-order valence-corrected chi connectivity index (χ4v) is 2.22. The Morgan fingerprint density at radius 3 is 2.31 bits per heavy atom. The van der Waals surface area contributed by atoms with Gasteiger partial charge in [0.1, 0.15) is 0 Å². The van der Waals surface area contributed by atoms with Crippen molar-refractivity contribution in [2.75, 3.05) is 6.61 Å². The van der Waals surface area contributed by atoms with E-state index in [0.717, 1.165) is 6.42 Å². The van der Waals surface area contributed by atoms with Crippen molar-refractivity contribution in [2.24, 2.45) is 5.41 Å². The molecule has 1 N–H and O–H groups in total. The fraction of sp³-hybridized carbons (Fsp3) is 0.500. The molecule has 13 heavy (non-hydrogen) atoms. The molecule has 1 heteroatoms. The summed E-state index contributed by atoms with van der Waals surface area (Å²) in [6.07, 6.45) is 1.10. The van der Waals surface area contributed by atoms with Crippen LogP contribution in [0.3, 0.4) is 0 Å². The van der Waals surface area contributed by atoms with Crippen molar-refractivity contribution in [3.8, 4) is 0 Å². The predicted molar refractivity (Wildman–Crippen MR) is 53.6 cm³/mol. The average molecular weight is 176 g/mol. The van der Waals surface area contributed by atoms with Crippen LogP contribution < -0.4 is 0 Å². The maximum Gasteiger partial charge on any atom is 0.0493 e. The highest BCUT2D eigenvalue weighted by molar-refractivity contribution is 5.36. The molecule has 1 aliphatic rings. The summed E-state index contributed by atoms with van der Waals surface area (Å²) in [5.74, 6) is 0. The van der Waals surface area contributed by atoms with Gasteiger partial charge in [0.25, 0.3) is 0 Å². The van der Waals surface area contributed by atoms with Crippen molar-refractivity contribution in [3.63, 3.8) is 0 Å². The quantitative estimate of drug-likeness (QED) is 0.733. The van der Waals surface area contributed by atoms with Gasteiger partial charge >= 0.3 is 0 Å². The van der Waals surface area contributed by atoms with E-state index in [2.05, 4.69) is 38.1 Å². The van der Waals surface area contributed by atoms with E-state index in [-0.39, 0.29) is 10.8 Å². The lowest BCUT2D eigenvalue weighted by atomic mass is 9.89. The third-order valence-electron chi connectivity index (χ3n) is 3.71. The zero-order valence-corrected chi connectivity index (χ0v) is 8.25. The highest BCUT2D eigenvalue weighted by Crippen LogP contribution is 2.63. The number of aliphatic hydroxyl groups excluding tert-OH is 1. The Balaban J connectivity index is 2.30. The second-order valence-corrected chi connectivity index (χ2v) is 4.59. The summed E-state index contributed by atoms with van der Waals surface area (Å²) < 4.78 is 0. The first-order valence-electron chi connectivity index (χ1n) is 4.79. The SMILES string of the molecule is C[C@@]1(CO)C[C@]1(C)c1ccccc1. The first kappa shape index (κ1) is 8.76. The second kappa shape index (κ2) is 2.58. The Morgan fingerprint density at radius 1 is 1.23 bits per heavy atom. The summed E-state index contributed by atoms with van der Waals surface area (Å²) in [7, 11) is 0. The zero-order chi connectivity index (χ0) is 9.53. The van der Waals surface area contributed by atoms with Crippen molar-refractivity contribution in [1.82, 2.24) is 0 Å². The van der Waals surface area contributed by atoms with Crippen molar-refractivity contribution in [3.05, 3.63) is 35.9 Å². The van der Waals surface area contributed by atoms with Gasteiger partial charge < -0.3 is 5.11 Å². The molecule has 0 amide bonds. The van der Waals surface area contributed by atoms with E-state index in [9.17, 15) is 5.11 Å². The van der Waals surface area contributed by atoms with Gasteiger partial charge in [0.15, 0.2) is 0 Å². The molecule has 0 bridgehead atoms. The van der Waals surface area contributed by atoms with E-state index in [0.29, 0.717) is 6.61 Å². The van der Waals surface area contributed by atoms with Gasteiger partial charge in [0, 0.05) is 17.4 Å². The molecule has 0 aliphatic heterocycles. The third kappa shape index (κ3) is 1.11. The van der Waals surface area contributed by atoms with E-state index in [4.69, 9.17) is 0 Å². The van der Waals surface area contributed by atoms with Crippen molar-refractivity contribution < 1.29 is 5.11 Å². The summed E-state index contributed by atoms with van der Waals surface area (Å²) in [5.41, 5.74) is 1.66. The molecule has 0 heterocycles. The van der Waals surface area contributed by atoms with Crippen LogP contribution in [-0.2, 0) is 5.41 Å². The van der Waals surface area contributed by atoms with E-state index in [1.807, 2.05) is 6.07 Å². The van der Waals surface area contributed by atoms with Gasteiger partial charge in [-0.1, -0.05) is 44.2 Å². The van der Waals surface area contributed by atoms with Gasteiger partial charge in [-0.15, -0.1) is 0 Å². The first-order chi connectivity index (χ1) is 6.12. The molecule has 1 aromatic carbocycles. The minimum atomic E-state index is 0.106. The minimum Gasteiger partial charge on any atom is -0.396 e. The molecule has 0 unspecified atom stereocenters. The molecule has 1 nitrogen and oxygen atoms in total.